The van der Waals surface area contributed by atoms with E-state index in [1.807, 2.05) is 12.1 Å². The van der Waals surface area contributed by atoms with Crippen molar-refractivity contribution in [2.75, 3.05) is 36.8 Å². The highest BCUT2D eigenvalue weighted by Crippen LogP contribution is 2.23. The maximum absolute atomic E-state index is 5.72. The Kier molecular flexibility index (Phi) is 3.89. The van der Waals surface area contributed by atoms with E-state index in [0.29, 0.717) is 6.04 Å². The second-order valence-corrected chi connectivity index (χ2v) is 4.70. The van der Waals surface area contributed by atoms with Crippen LogP contribution in [0.3, 0.4) is 0 Å². The lowest BCUT2D eigenvalue weighted by atomic mass is 10.2. The van der Waals surface area contributed by atoms with Crippen LogP contribution in [0.2, 0.25) is 0 Å². The number of nitrogens with zero attached hydrogens (tertiary/aromatic N) is 2. The van der Waals surface area contributed by atoms with E-state index in [0.717, 1.165) is 31.9 Å². The molecule has 2 N–H and O–H groups in total. The molecule has 1 aromatic rings. The van der Waals surface area contributed by atoms with E-state index in [1.54, 1.807) is 0 Å². The van der Waals surface area contributed by atoms with E-state index in [1.165, 1.54) is 12.1 Å². The monoisotopic (exact) mass is 233 g/mol. The molecule has 1 aromatic carbocycles. The van der Waals surface area contributed by atoms with Crippen molar-refractivity contribution in [1.82, 2.24) is 4.90 Å². The van der Waals surface area contributed by atoms with Crippen molar-refractivity contribution in [3.8, 4) is 0 Å². The minimum absolute atomic E-state index is 0.711. The molecule has 1 unspecified atom stereocenters. The van der Waals surface area contributed by atoms with Gasteiger partial charge in [0.1, 0.15) is 0 Å². The Morgan fingerprint density at radius 3 is 2.47 bits per heavy atom. The summed E-state index contributed by atoms with van der Waals surface area (Å²) in [6, 6.07) is 8.93. The summed E-state index contributed by atoms with van der Waals surface area (Å²) in [5.41, 5.74) is 7.86. The molecule has 17 heavy (non-hydrogen) atoms. The normalized spacial score (nSPS) is 20.2. The number of nitrogens with two attached hydrogens (primary N) is 1. The van der Waals surface area contributed by atoms with Crippen LogP contribution < -0.4 is 10.6 Å². The summed E-state index contributed by atoms with van der Waals surface area (Å²) in [6.45, 7) is 9.09. The molecule has 0 aliphatic carbocycles. The van der Waals surface area contributed by atoms with Gasteiger partial charge in [-0.05, 0) is 43.8 Å². The van der Waals surface area contributed by atoms with Gasteiger partial charge in [-0.25, -0.2) is 0 Å². The van der Waals surface area contributed by atoms with Crippen LogP contribution in [0.1, 0.15) is 20.3 Å². The van der Waals surface area contributed by atoms with Crippen LogP contribution in [0.15, 0.2) is 24.3 Å². The smallest absolute Gasteiger partial charge is 0.0368 e. The van der Waals surface area contributed by atoms with Gasteiger partial charge in [-0.2, -0.15) is 0 Å². The summed E-state index contributed by atoms with van der Waals surface area (Å²) in [4.78, 5) is 5.01. The largest absolute Gasteiger partial charge is 0.399 e. The predicted molar refractivity (Wildman–Crippen MR) is 74.4 cm³/mol. The fourth-order valence-electron chi connectivity index (χ4n) is 2.70. The van der Waals surface area contributed by atoms with Crippen LogP contribution in [0, 0.1) is 0 Å². The first-order chi connectivity index (χ1) is 8.24. The van der Waals surface area contributed by atoms with E-state index in [2.05, 4.69) is 35.8 Å². The SMILES string of the molecule is CCN(CC)C1CCN(c2ccc(N)cc2)C1. The van der Waals surface area contributed by atoms with E-state index >= 15 is 0 Å². The molecule has 1 fully saturated rings. The van der Waals surface area contributed by atoms with Crippen molar-refractivity contribution in [1.29, 1.82) is 0 Å². The van der Waals surface area contributed by atoms with E-state index < -0.39 is 0 Å². The number of anilines is 2. The zero-order chi connectivity index (χ0) is 12.3. The summed E-state index contributed by atoms with van der Waals surface area (Å²) in [7, 11) is 0. The third-order valence-corrected chi connectivity index (χ3v) is 3.75. The topological polar surface area (TPSA) is 32.5 Å². The molecule has 3 nitrogen and oxygen atoms in total. The minimum atomic E-state index is 0.711. The van der Waals surface area contributed by atoms with Crippen LogP contribution in [0.4, 0.5) is 11.4 Å². The van der Waals surface area contributed by atoms with Crippen molar-refractivity contribution < 1.29 is 0 Å². The predicted octanol–water partition coefficient (Wildman–Crippen LogP) is 2.19. The average Bonchev–Trinajstić information content (AvgIpc) is 2.81. The molecule has 0 bridgehead atoms. The van der Waals surface area contributed by atoms with Gasteiger partial charge in [-0.1, -0.05) is 13.8 Å². The highest BCUT2D eigenvalue weighted by Gasteiger charge is 2.25. The third-order valence-electron chi connectivity index (χ3n) is 3.75. The molecule has 0 radical (unpaired) electrons. The molecule has 0 spiro atoms. The lowest BCUT2D eigenvalue weighted by molar-refractivity contribution is 0.232. The van der Waals surface area contributed by atoms with Gasteiger partial charge in [0.25, 0.3) is 0 Å². The quantitative estimate of drug-likeness (QED) is 0.809. The molecule has 0 aromatic heterocycles. The standard InChI is InChI=1S/C14H23N3/c1-3-16(4-2)14-9-10-17(11-14)13-7-5-12(15)6-8-13/h5-8,14H,3-4,9-11,15H2,1-2H3. The van der Waals surface area contributed by atoms with Crippen molar-refractivity contribution in [2.24, 2.45) is 0 Å². The fraction of sp³-hybridized carbons (Fsp3) is 0.571. The number of hydrogen-bond donors (Lipinski definition) is 1. The zero-order valence-electron chi connectivity index (χ0n) is 10.9. The van der Waals surface area contributed by atoms with Gasteiger partial charge in [0.2, 0.25) is 0 Å². The molecule has 1 atom stereocenters. The van der Waals surface area contributed by atoms with Gasteiger partial charge in [0.05, 0.1) is 0 Å². The second-order valence-electron chi connectivity index (χ2n) is 4.70. The van der Waals surface area contributed by atoms with Crippen LogP contribution in [-0.4, -0.2) is 37.1 Å². The molecule has 1 saturated heterocycles. The Hall–Kier alpha value is -1.22. The average molecular weight is 233 g/mol. The number of benzene rings is 1. The van der Waals surface area contributed by atoms with Crippen molar-refractivity contribution in [2.45, 2.75) is 26.3 Å². The third kappa shape index (κ3) is 2.72. The summed E-state index contributed by atoms with van der Waals surface area (Å²) >= 11 is 0. The van der Waals surface area contributed by atoms with E-state index in [-0.39, 0.29) is 0 Å². The van der Waals surface area contributed by atoms with Gasteiger partial charge in [0, 0.05) is 30.5 Å². The number of nitrogen functional groups attached to an aromatic ring is 1. The van der Waals surface area contributed by atoms with Crippen LogP contribution in [-0.2, 0) is 0 Å². The Balaban J connectivity index is 2.00. The molecule has 2 rings (SSSR count). The van der Waals surface area contributed by atoms with Gasteiger partial charge in [-0.3, -0.25) is 4.90 Å². The fourth-order valence-corrected chi connectivity index (χ4v) is 2.70. The Morgan fingerprint density at radius 2 is 1.88 bits per heavy atom. The van der Waals surface area contributed by atoms with Gasteiger partial charge >= 0.3 is 0 Å². The summed E-state index contributed by atoms with van der Waals surface area (Å²) < 4.78 is 0. The van der Waals surface area contributed by atoms with Gasteiger partial charge < -0.3 is 10.6 Å². The first kappa shape index (κ1) is 12.2. The van der Waals surface area contributed by atoms with Crippen LogP contribution in [0.5, 0.6) is 0 Å². The van der Waals surface area contributed by atoms with Gasteiger partial charge in [-0.15, -0.1) is 0 Å². The van der Waals surface area contributed by atoms with E-state index in [4.69, 9.17) is 5.73 Å². The van der Waals surface area contributed by atoms with Crippen molar-refractivity contribution in [3.05, 3.63) is 24.3 Å². The lowest BCUT2D eigenvalue weighted by Crippen LogP contribution is -2.37. The molecule has 0 amide bonds. The maximum atomic E-state index is 5.72. The minimum Gasteiger partial charge on any atom is -0.399 e. The highest BCUT2D eigenvalue weighted by atomic mass is 15.2. The summed E-state index contributed by atoms with van der Waals surface area (Å²) in [5.74, 6) is 0. The zero-order valence-corrected chi connectivity index (χ0v) is 10.9. The van der Waals surface area contributed by atoms with Gasteiger partial charge in [0.15, 0.2) is 0 Å². The molecule has 0 saturated carbocycles. The number of rotatable bonds is 4. The maximum Gasteiger partial charge on any atom is 0.0368 e. The lowest BCUT2D eigenvalue weighted by Gasteiger charge is -2.26. The molecule has 1 aliphatic rings. The second kappa shape index (κ2) is 5.41. The first-order valence-corrected chi connectivity index (χ1v) is 6.59. The Labute approximate surface area is 104 Å². The van der Waals surface area contributed by atoms with Crippen LogP contribution in [0.25, 0.3) is 0 Å². The van der Waals surface area contributed by atoms with Crippen LogP contribution >= 0.6 is 0 Å². The molecule has 1 aliphatic heterocycles. The first-order valence-electron chi connectivity index (χ1n) is 6.59. The Bertz CT molecular complexity index is 343. The molecule has 1 heterocycles. The molecular formula is C14H23N3. The Morgan fingerprint density at radius 1 is 1.24 bits per heavy atom. The molecular weight excluding hydrogens is 210 g/mol. The van der Waals surface area contributed by atoms with E-state index in [9.17, 15) is 0 Å². The molecule has 94 valence electrons. The number of likely N-dealkylation sites (N-methyl/N-ethyl adjacent to an activating group) is 1. The highest BCUT2D eigenvalue weighted by molar-refractivity contribution is 5.53. The molecule has 3 heteroatoms. The summed E-state index contributed by atoms with van der Waals surface area (Å²) in [6.07, 6.45) is 1.27. The summed E-state index contributed by atoms with van der Waals surface area (Å²) in [5, 5.41) is 0. The van der Waals surface area contributed by atoms with Crippen molar-refractivity contribution in [3.63, 3.8) is 0 Å². The number of hydrogen-bond acceptors (Lipinski definition) is 3. The van der Waals surface area contributed by atoms with Crippen molar-refractivity contribution >= 4 is 11.4 Å².